The molecule has 1 aliphatic rings. The van der Waals surface area contributed by atoms with Gasteiger partial charge in [-0.3, -0.25) is 9.87 Å². The first kappa shape index (κ1) is 20.2. The van der Waals surface area contributed by atoms with Gasteiger partial charge in [-0.05, 0) is 58.5 Å². The molecule has 0 spiro atoms. The Kier molecular flexibility index (Phi) is 5.64. The zero-order chi connectivity index (χ0) is 21.3. The maximum atomic E-state index is 12.5. The number of nitrogens with zero attached hydrogens (tertiary/aromatic N) is 1. The number of ether oxygens (including phenoxy) is 4. The summed E-state index contributed by atoms with van der Waals surface area (Å²) in [5.41, 5.74) is 2.00. The lowest BCUT2D eigenvalue weighted by molar-refractivity contribution is -0.226. The van der Waals surface area contributed by atoms with Gasteiger partial charge in [0.1, 0.15) is 0 Å². The number of hydrogen-bond donors (Lipinski definition) is 1. The topological polar surface area (TPSA) is 96.3 Å². The molecule has 0 saturated heterocycles. The van der Waals surface area contributed by atoms with Gasteiger partial charge >= 0.3 is 5.97 Å². The van der Waals surface area contributed by atoms with Crippen LogP contribution in [0.2, 0.25) is 0 Å². The number of hydrogen-bond acceptors (Lipinski definition) is 8. The van der Waals surface area contributed by atoms with Gasteiger partial charge in [0, 0.05) is 26.8 Å². The summed E-state index contributed by atoms with van der Waals surface area (Å²) in [5.74, 6) is 1.25. The lowest BCUT2D eigenvalue weighted by Crippen LogP contribution is -2.06. The number of methoxy groups -OCH3 is 2. The Morgan fingerprint density at radius 1 is 1.13 bits per heavy atom. The number of aromatic nitrogens is 1. The van der Waals surface area contributed by atoms with Gasteiger partial charge in [-0.2, -0.15) is 5.26 Å². The van der Waals surface area contributed by atoms with Crippen LogP contribution in [0.3, 0.4) is 0 Å². The molecule has 9 heteroatoms. The molecule has 0 saturated carbocycles. The fraction of sp³-hybridized carbons (Fsp3) is 0.143. The summed E-state index contributed by atoms with van der Waals surface area (Å²) in [4.78, 5) is 20.9. The maximum Gasteiger partial charge on any atom is 0.373 e. The van der Waals surface area contributed by atoms with Crippen molar-refractivity contribution in [2.75, 3.05) is 21.0 Å². The lowest BCUT2D eigenvalue weighted by Gasteiger charge is -2.13. The highest BCUT2D eigenvalue weighted by Gasteiger charge is 2.21. The van der Waals surface area contributed by atoms with Crippen LogP contribution in [0.5, 0.6) is 23.0 Å². The molecule has 2 heterocycles. The third-order valence-corrected chi connectivity index (χ3v) is 5.53. The van der Waals surface area contributed by atoms with Crippen LogP contribution in [-0.2, 0) is 9.68 Å². The van der Waals surface area contributed by atoms with Crippen LogP contribution >= 0.6 is 22.6 Å². The van der Waals surface area contributed by atoms with E-state index in [4.69, 9.17) is 24.2 Å². The standard InChI is InChI=1S/C21H16INO7/c1-26-17-7-13(15(22)8-18(17)27-2)14(21(24)30-25)5-11-3-4-23-16-9-20-19(6-12(11)16)28-10-29-20/h3-9,25H,10H2,1-2H3. The Morgan fingerprint density at radius 2 is 1.83 bits per heavy atom. The fourth-order valence-electron chi connectivity index (χ4n) is 3.19. The van der Waals surface area contributed by atoms with E-state index in [-0.39, 0.29) is 12.4 Å². The second-order valence-electron chi connectivity index (χ2n) is 6.25. The molecule has 4 rings (SSSR count). The van der Waals surface area contributed by atoms with Gasteiger partial charge in [0.2, 0.25) is 6.79 Å². The first-order valence-corrected chi connectivity index (χ1v) is 9.81. The van der Waals surface area contributed by atoms with Crippen molar-refractivity contribution in [2.45, 2.75) is 0 Å². The summed E-state index contributed by atoms with van der Waals surface area (Å²) in [6.07, 6.45) is 3.24. The molecule has 0 amide bonds. The fourth-order valence-corrected chi connectivity index (χ4v) is 3.92. The molecule has 1 N–H and O–H groups in total. The van der Waals surface area contributed by atoms with E-state index in [1.165, 1.54) is 14.2 Å². The predicted molar refractivity (Wildman–Crippen MR) is 117 cm³/mol. The van der Waals surface area contributed by atoms with E-state index < -0.39 is 5.97 Å². The highest BCUT2D eigenvalue weighted by Crippen LogP contribution is 2.38. The Bertz CT molecular complexity index is 1180. The zero-order valence-electron chi connectivity index (χ0n) is 16.0. The Morgan fingerprint density at radius 3 is 2.53 bits per heavy atom. The SMILES string of the molecule is COc1cc(I)c(C(=Cc2ccnc3cc4c(cc23)OCO4)C(=O)OO)cc1OC. The number of carbonyl (C=O) groups is 1. The minimum absolute atomic E-state index is 0.132. The monoisotopic (exact) mass is 521 g/mol. The lowest BCUT2D eigenvalue weighted by atomic mass is 10.00. The number of carbonyl (C=O) groups excluding carboxylic acids is 1. The van der Waals surface area contributed by atoms with Gasteiger partial charge in [-0.15, -0.1) is 0 Å². The zero-order valence-corrected chi connectivity index (χ0v) is 18.1. The number of pyridine rings is 1. The van der Waals surface area contributed by atoms with Crippen LogP contribution in [0.1, 0.15) is 11.1 Å². The molecule has 1 aromatic heterocycles. The molecular formula is C21H16INO7. The van der Waals surface area contributed by atoms with Gasteiger partial charge < -0.3 is 18.9 Å². The number of rotatable bonds is 5. The third-order valence-electron chi connectivity index (χ3n) is 4.64. The molecule has 8 nitrogen and oxygen atoms in total. The maximum absolute atomic E-state index is 12.5. The van der Waals surface area contributed by atoms with Crippen LogP contribution in [0.15, 0.2) is 36.5 Å². The van der Waals surface area contributed by atoms with Gasteiger partial charge in [0.05, 0.1) is 25.3 Å². The minimum atomic E-state index is -0.911. The van der Waals surface area contributed by atoms with Crippen LogP contribution in [0.4, 0.5) is 0 Å². The molecule has 0 aliphatic carbocycles. The van der Waals surface area contributed by atoms with E-state index in [1.807, 2.05) is 0 Å². The number of benzene rings is 2. The predicted octanol–water partition coefficient (Wildman–Crippen LogP) is 4.14. The highest BCUT2D eigenvalue weighted by atomic mass is 127. The molecule has 0 bridgehead atoms. The van der Waals surface area contributed by atoms with Crippen molar-refractivity contribution in [3.63, 3.8) is 0 Å². The molecule has 0 atom stereocenters. The third kappa shape index (κ3) is 3.61. The molecule has 2 aromatic carbocycles. The first-order valence-electron chi connectivity index (χ1n) is 8.73. The van der Waals surface area contributed by atoms with Gasteiger partial charge in [0.15, 0.2) is 23.0 Å². The Labute approximate surface area is 185 Å². The van der Waals surface area contributed by atoms with E-state index in [0.717, 1.165) is 5.39 Å². The van der Waals surface area contributed by atoms with E-state index in [1.54, 1.807) is 42.6 Å². The van der Waals surface area contributed by atoms with Crippen molar-refractivity contribution in [3.8, 4) is 23.0 Å². The minimum Gasteiger partial charge on any atom is -0.493 e. The smallest absolute Gasteiger partial charge is 0.373 e. The summed E-state index contributed by atoms with van der Waals surface area (Å²) >= 11 is 2.08. The van der Waals surface area contributed by atoms with Gasteiger partial charge in [0.25, 0.3) is 0 Å². The van der Waals surface area contributed by atoms with E-state index in [2.05, 4.69) is 32.5 Å². The Hall–Kier alpha value is -3.05. The quantitative estimate of drug-likeness (QED) is 0.232. The molecular weight excluding hydrogens is 505 g/mol. The summed E-state index contributed by atoms with van der Waals surface area (Å²) in [6.45, 7) is 0.142. The van der Waals surface area contributed by atoms with Crippen LogP contribution < -0.4 is 18.9 Å². The normalized spacial score (nSPS) is 12.7. The molecule has 0 unspecified atom stereocenters. The van der Waals surface area contributed by atoms with E-state index in [9.17, 15) is 4.79 Å². The number of fused-ring (bicyclic) bond motifs is 2. The largest absolute Gasteiger partial charge is 0.493 e. The summed E-state index contributed by atoms with van der Waals surface area (Å²) in [7, 11) is 3.03. The van der Waals surface area contributed by atoms with Crippen molar-refractivity contribution in [2.24, 2.45) is 0 Å². The Balaban J connectivity index is 1.92. The molecule has 0 radical (unpaired) electrons. The van der Waals surface area contributed by atoms with Gasteiger partial charge in [-0.25, -0.2) is 4.79 Å². The molecule has 154 valence electrons. The summed E-state index contributed by atoms with van der Waals surface area (Å²) < 4.78 is 22.2. The van der Waals surface area contributed by atoms with Crippen LogP contribution in [-0.4, -0.2) is 37.2 Å². The molecule has 0 fully saturated rings. The molecule has 1 aliphatic heterocycles. The first-order chi connectivity index (χ1) is 14.5. The van der Waals surface area contributed by atoms with Crippen molar-refractivity contribution in [1.29, 1.82) is 0 Å². The second kappa shape index (κ2) is 8.36. The summed E-state index contributed by atoms with van der Waals surface area (Å²) in [6, 6.07) is 8.72. The molecule has 3 aromatic rings. The van der Waals surface area contributed by atoms with Crippen LogP contribution in [0.25, 0.3) is 22.6 Å². The van der Waals surface area contributed by atoms with Crippen molar-refractivity contribution >= 4 is 51.1 Å². The highest BCUT2D eigenvalue weighted by molar-refractivity contribution is 14.1. The van der Waals surface area contributed by atoms with Crippen molar-refractivity contribution in [3.05, 3.63) is 51.2 Å². The van der Waals surface area contributed by atoms with Crippen molar-refractivity contribution < 1.29 is 33.9 Å². The summed E-state index contributed by atoms with van der Waals surface area (Å²) in [5, 5.41) is 9.86. The van der Waals surface area contributed by atoms with Crippen molar-refractivity contribution in [1.82, 2.24) is 4.98 Å². The molecule has 30 heavy (non-hydrogen) atoms. The average Bonchev–Trinajstić information content (AvgIpc) is 3.23. The van der Waals surface area contributed by atoms with Gasteiger partial charge in [-0.1, -0.05) is 0 Å². The second-order valence-corrected chi connectivity index (χ2v) is 7.41. The van der Waals surface area contributed by atoms with E-state index in [0.29, 0.717) is 43.2 Å². The average molecular weight is 521 g/mol. The van der Waals surface area contributed by atoms with E-state index >= 15 is 0 Å². The van der Waals surface area contributed by atoms with Crippen LogP contribution in [0, 0.1) is 3.57 Å². The number of halogens is 1.